The fourth-order valence-corrected chi connectivity index (χ4v) is 4.11. The van der Waals surface area contributed by atoms with Crippen LogP contribution in [0.2, 0.25) is 5.02 Å². The first-order chi connectivity index (χ1) is 11.7. The number of anilines is 1. The second kappa shape index (κ2) is 6.77. The molecular weight excluding hydrogens is 320 g/mol. The van der Waals surface area contributed by atoms with Crippen molar-refractivity contribution in [1.29, 1.82) is 0 Å². The van der Waals surface area contributed by atoms with Gasteiger partial charge < -0.3 is 5.32 Å². The number of aromatic nitrogens is 2. The van der Waals surface area contributed by atoms with Gasteiger partial charge in [-0.1, -0.05) is 18.0 Å². The van der Waals surface area contributed by atoms with Gasteiger partial charge in [-0.3, -0.25) is 4.90 Å². The second-order valence-electron chi connectivity index (χ2n) is 6.98. The number of likely N-dealkylation sites (tertiary alicyclic amines) is 1. The van der Waals surface area contributed by atoms with Gasteiger partial charge in [-0.15, -0.1) is 0 Å². The fourth-order valence-electron chi connectivity index (χ4n) is 3.99. The lowest BCUT2D eigenvalue weighted by atomic mass is 9.96. The fraction of sp³-hybridized carbons (Fsp3) is 0.526. The number of benzene rings is 1. The molecule has 0 bridgehead atoms. The second-order valence-corrected chi connectivity index (χ2v) is 7.41. The molecule has 1 aromatic carbocycles. The molecule has 0 spiro atoms. The molecule has 1 unspecified atom stereocenters. The van der Waals surface area contributed by atoms with Gasteiger partial charge in [-0.2, -0.15) is 5.10 Å². The van der Waals surface area contributed by atoms with Crippen LogP contribution in [-0.2, 0) is 6.42 Å². The highest BCUT2D eigenvalue weighted by Crippen LogP contribution is 2.37. The first-order valence-corrected chi connectivity index (χ1v) is 9.43. The standard InChI is InChI=1S/C19H25ClN4/c1-23-13-5-3-7-17(23)18-16-6-2-4-12-21-19(16)24(22-18)15-10-8-14(20)9-11-15/h8-11,17,21H,2-7,12-13H2,1H3. The van der Waals surface area contributed by atoms with E-state index in [0.29, 0.717) is 6.04 Å². The Labute approximate surface area is 148 Å². The van der Waals surface area contributed by atoms with E-state index in [2.05, 4.69) is 34.1 Å². The largest absolute Gasteiger partial charge is 0.370 e. The van der Waals surface area contributed by atoms with E-state index >= 15 is 0 Å². The van der Waals surface area contributed by atoms with Crippen LogP contribution in [-0.4, -0.2) is 34.8 Å². The number of nitrogens with one attached hydrogen (secondary N) is 1. The third-order valence-electron chi connectivity index (χ3n) is 5.32. The summed E-state index contributed by atoms with van der Waals surface area (Å²) in [7, 11) is 2.24. The third-order valence-corrected chi connectivity index (χ3v) is 5.57. The molecule has 1 N–H and O–H groups in total. The third kappa shape index (κ3) is 2.93. The van der Waals surface area contributed by atoms with Crippen molar-refractivity contribution in [2.24, 2.45) is 0 Å². The van der Waals surface area contributed by atoms with Crippen molar-refractivity contribution in [3.05, 3.63) is 40.5 Å². The maximum atomic E-state index is 6.06. The van der Waals surface area contributed by atoms with E-state index in [1.54, 1.807) is 0 Å². The Morgan fingerprint density at radius 2 is 1.96 bits per heavy atom. The lowest BCUT2D eigenvalue weighted by molar-refractivity contribution is 0.182. The number of hydrogen-bond donors (Lipinski definition) is 1. The SMILES string of the molecule is CN1CCCCC1c1nn(-c2ccc(Cl)cc2)c2c1CCCCN2. The highest BCUT2D eigenvalue weighted by molar-refractivity contribution is 6.30. The summed E-state index contributed by atoms with van der Waals surface area (Å²) >= 11 is 6.06. The van der Waals surface area contributed by atoms with Crippen LogP contribution in [0.4, 0.5) is 5.82 Å². The Hall–Kier alpha value is -1.52. The molecule has 1 fully saturated rings. The number of rotatable bonds is 2. The molecular formula is C19H25ClN4. The van der Waals surface area contributed by atoms with Gasteiger partial charge in [0.1, 0.15) is 5.82 Å². The average molecular weight is 345 g/mol. The van der Waals surface area contributed by atoms with Crippen LogP contribution in [0.1, 0.15) is 49.4 Å². The minimum absolute atomic E-state index is 0.445. The molecule has 24 heavy (non-hydrogen) atoms. The summed E-state index contributed by atoms with van der Waals surface area (Å²) in [6.07, 6.45) is 7.37. The number of nitrogens with zero attached hydrogens (tertiary/aromatic N) is 3. The number of piperidine rings is 1. The summed E-state index contributed by atoms with van der Waals surface area (Å²) in [6, 6.07) is 8.43. The average Bonchev–Trinajstić information content (AvgIpc) is 2.78. The smallest absolute Gasteiger partial charge is 0.133 e. The molecule has 2 aliphatic heterocycles. The van der Waals surface area contributed by atoms with Crippen LogP contribution < -0.4 is 5.32 Å². The van der Waals surface area contributed by atoms with Crippen molar-refractivity contribution in [3.8, 4) is 5.69 Å². The zero-order chi connectivity index (χ0) is 16.5. The van der Waals surface area contributed by atoms with Gasteiger partial charge in [0.2, 0.25) is 0 Å². The van der Waals surface area contributed by atoms with E-state index in [9.17, 15) is 0 Å². The number of fused-ring (bicyclic) bond motifs is 1. The maximum Gasteiger partial charge on any atom is 0.133 e. The lowest BCUT2D eigenvalue weighted by Gasteiger charge is -2.31. The van der Waals surface area contributed by atoms with Crippen LogP contribution in [0.5, 0.6) is 0 Å². The Kier molecular flexibility index (Phi) is 4.51. The molecule has 0 radical (unpaired) electrons. The zero-order valence-electron chi connectivity index (χ0n) is 14.3. The first kappa shape index (κ1) is 16.0. The molecule has 0 aliphatic carbocycles. The molecule has 1 atom stereocenters. The van der Waals surface area contributed by atoms with Crippen LogP contribution in [0.3, 0.4) is 0 Å². The predicted octanol–water partition coefficient (Wildman–Crippen LogP) is 4.43. The first-order valence-electron chi connectivity index (χ1n) is 9.06. The Morgan fingerprint density at radius 3 is 2.75 bits per heavy atom. The molecule has 1 saturated heterocycles. The van der Waals surface area contributed by atoms with Crippen molar-refractivity contribution in [3.63, 3.8) is 0 Å². The normalized spacial score (nSPS) is 21.8. The van der Waals surface area contributed by atoms with Crippen LogP contribution in [0, 0.1) is 0 Å². The monoisotopic (exact) mass is 344 g/mol. The van der Waals surface area contributed by atoms with Crippen LogP contribution in [0.25, 0.3) is 5.69 Å². The summed E-state index contributed by atoms with van der Waals surface area (Å²) in [6.45, 7) is 2.19. The Balaban J connectivity index is 1.80. The lowest BCUT2D eigenvalue weighted by Crippen LogP contribution is -2.30. The van der Waals surface area contributed by atoms with E-state index in [0.717, 1.165) is 23.7 Å². The summed E-state index contributed by atoms with van der Waals surface area (Å²) < 4.78 is 2.09. The molecule has 1 aromatic heterocycles. The summed E-state index contributed by atoms with van der Waals surface area (Å²) in [4.78, 5) is 2.48. The van der Waals surface area contributed by atoms with E-state index in [4.69, 9.17) is 16.7 Å². The molecule has 0 amide bonds. The summed E-state index contributed by atoms with van der Waals surface area (Å²) in [5, 5.41) is 9.47. The number of hydrogen-bond acceptors (Lipinski definition) is 3. The quantitative estimate of drug-likeness (QED) is 0.874. The maximum absolute atomic E-state index is 6.06. The Morgan fingerprint density at radius 1 is 1.12 bits per heavy atom. The topological polar surface area (TPSA) is 33.1 Å². The van der Waals surface area contributed by atoms with E-state index in [1.165, 1.54) is 55.7 Å². The van der Waals surface area contributed by atoms with Gasteiger partial charge in [0.05, 0.1) is 17.4 Å². The number of halogens is 1. The minimum atomic E-state index is 0.445. The van der Waals surface area contributed by atoms with Crippen molar-refractivity contribution in [2.75, 3.05) is 25.5 Å². The van der Waals surface area contributed by atoms with Gasteiger partial charge in [0.25, 0.3) is 0 Å². The van der Waals surface area contributed by atoms with Gasteiger partial charge in [0.15, 0.2) is 0 Å². The van der Waals surface area contributed by atoms with E-state index in [1.807, 2.05) is 12.1 Å². The van der Waals surface area contributed by atoms with Gasteiger partial charge in [-0.25, -0.2) is 4.68 Å². The van der Waals surface area contributed by atoms with Gasteiger partial charge >= 0.3 is 0 Å². The van der Waals surface area contributed by atoms with Gasteiger partial charge in [0, 0.05) is 17.1 Å². The summed E-state index contributed by atoms with van der Waals surface area (Å²) in [5.41, 5.74) is 3.77. The highest BCUT2D eigenvalue weighted by Gasteiger charge is 2.29. The zero-order valence-corrected chi connectivity index (χ0v) is 15.0. The minimum Gasteiger partial charge on any atom is -0.370 e. The Bertz CT molecular complexity index is 707. The molecule has 4 rings (SSSR count). The predicted molar refractivity (Wildman–Crippen MR) is 99.2 cm³/mol. The van der Waals surface area contributed by atoms with Gasteiger partial charge in [-0.05, 0) is 70.0 Å². The van der Waals surface area contributed by atoms with Crippen LogP contribution >= 0.6 is 11.6 Å². The molecule has 5 heteroatoms. The van der Waals surface area contributed by atoms with E-state index in [-0.39, 0.29) is 0 Å². The molecule has 4 nitrogen and oxygen atoms in total. The highest BCUT2D eigenvalue weighted by atomic mass is 35.5. The van der Waals surface area contributed by atoms with Crippen LogP contribution in [0.15, 0.2) is 24.3 Å². The molecule has 0 saturated carbocycles. The molecule has 128 valence electrons. The summed E-state index contributed by atoms with van der Waals surface area (Å²) in [5.74, 6) is 1.18. The van der Waals surface area contributed by atoms with Crippen molar-refractivity contribution >= 4 is 17.4 Å². The van der Waals surface area contributed by atoms with Crippen molar-refractivity contribution < 1.29 is 0 Å². The molecule has 2 aromatic rings. The van der Waals surface area contributed by atoms with Crippen molar-refractivity contribution in [2.45, 2.75) is 44.6 Å². The van der Waals surface area contributed by atoms with E-state index < -0.39 is 0 Å². The molecule has 2 aliphatic rings. The molecule has 3 heterocycles. The van der Waals surface area contributed by atoms with Crippen molar-refractivity contribution in [1.82, 2.24) is 14.7 Å².